The third-order valence-electron chi connectivity index (χ3n) is 6.99. The lowest BCUT2D eigenvalue weighted by atomic mass is 9.91. The fraction of sp³-hybridized carbons (Fsp3) is 0.500. The number of aromatic nitrogens is 1. The second kappa shape index (κ2) is 11.2. The molecule has 3 aromatic rings. The molecule has 1 fully saturated rings. The number of H-pyrrole nitrogens is 1. The van der Waals surface area contributed by atoms with Gasteiger partial charge in [-0.25, -0.2) is 0 Å². The topological polar surface area (TPSA) is 70.3 Å². The Morgan fingerprint density at radius 2 is 1.65 bits per heavy atom. The van der Waals surface area contributed by atoms with E-state index in [1.54, 1.807) is 14.2 Å². The summed E-state index contributed by atoms with van der Waals surface area (Å²) in [6.07, 6.45) is 4.87. The average Bonchev–Trinajstić information content (AvgIpc) is 3.24. The number of rotatable bonds is 10. The van der Waals surface area contributed by atoms with Crippen LogP contribution in [0, 0.1) is 0 Å². The summed E-state index contributed by atoms with van der Waals surface area (Å²) >= 11 is 0. The first-order valence-electron chi connectivity index (χ1n) is 12.6. The number of hydrogen-bond acceptors (Lipinski definition) is 5. The Morgan fingerprint density at radius 3 is 2.32 bits per heavy atom. The normalized spacial score (nSPS) is 18.4. The van der Waals surface area contributed by atoms with Crippen LogP contribution in [0.25, 0.3) is 22.2 Å². The number of aromatic amines is 1. The van der Waals surface area contributed by atoms with Gasteiger partial charge in [0.05, 0.1) is 19.9 Å². The number of anilines is 1. The molecule has 0 aliphatic heterocycles. The molecular formula is C28H40N4O2. The molecule has 0 saturated heterocycles. The van der Waals surface area contributed by atoms with Gasteiger partial charge in [-0.1, -0.05) is 13.8 Å². The van der Waals surface area contributed by atoms with E-state index in [2.05, 4.69) is 65.1 Å². The SMILES string of the molecule is CNCCNC1CCC(Nc2ccc3[nH]c(-c4ccc(OC)c(OC)c4)c(C(C)C)c3c2)CC1. The number of hydrogen-bond donors (Lipinski definition) is 4. The highest BCUT2D eigenvalue weighted by atomic mass is 16.5. The van der Waals surface area contributed by atoms with E-state index in [9.17, 15) is 0 Å². The Kier molecular flexibility index (Phi) is 8.01. The maximum absolute atomic E-state index is 5.55. The molecule has 6 nitrogen and oxygen atoms in total. The highest BCUT2D eigenvalue weighted by Gasteiger charge is 2.22. The van der Waals surface area contributed by atoms with Crippen molar-refractivity contribution in [3.63, 3.8) is 0 Å². The van der Waals surface area contributed by atoms with E-state index in [1.165, 1.54) is 42.3 Å². The number of fused-ring (bicyclic) bond motifs is 1. The van der Waals surface area contributed by atoms with Crippen LogP contribution in [-0.2, 0) is 0 Å². The second-order valence-corrected chi connectivity index (χ2v) is 9.65. The van der Waals surface area contributed by atoms with Gasteiger partial charge in [-0.05, 0) is 80.6 Å². The Bertz CT molecular complexity index is 1080. The largest absolute Gasteiger partial charge is 0.493 e. The van der Waals surface area contributed by atoms with Gasteiger partial charge in [0.15, 0.2) is 11.5 Å². The standard InChI is InChI=1S/C28H40N4O2/c1-18(2)27-23-17-22(31-21-9-7-20(8-10-21)30-15-14-29-3)11-12-24(23)32-28(27)19-6-13-25(33-4)26(16-19)34-5/h6,11-13,16-18,20-21,29-32H,7-10,14-15H2,1-5H3. The molecule has 0 spiro atoms. The molecule has 1 saturated carbocycles. The predicted molar refractivity (Wildman–Crippen MR) is 143 cm³/mol. The zero-order valence-electron chi connectivity index (χ0n) is 21.3. The summed E-state index contributed by atoms with van der Waals surface area (Å²) in [5, 5.41) is 12.0. The van der Waals surface area contributed by atoms with Crippen LogP contribution in [0.5, 0.6) is 11.5 Å². The number of ether oxygens (including phenoxy) is 2. The summed E-state index contributed by atoms with van der Waals surface area (Å²) in [5.41, 5.74) is 5.96. The van der Waals surface area contributed by atoms with Crippen LogP contribution in [0.2, 0.25) is 0 Å². The fourth-order valence-corrected chi connectivity index (χ4v) is 5.20. The first-order valence-corrected chi connectivity index (χ1v) is 12.6. The average molecular weight is 465 g/mol. The first kappa shape index (κ1) is 24.4. The van der Waals surface area contributed by atoms with Crippen LogP contribution in [0.1, 0.15) is 51.0 Å². The van der Waals surface area contributed by atoms with Gasteiger partial charge in [0, 0.05) is 47.3 Å². The molecule has 1 heterocycles. The zero-order chi connectivity index (χ0) is 24.1. The molecule has 34 heavy (non-hydrogen) atoms. The van der Waals surface area contributed by atoms with Crippen molar-refractivity contribution in [3.8, 4) is 22.8 Å². The summed E-state index contributed by atoms with van der Waals surface area (Å²) in [7, 11) is 5.35. The summed E-state index contributed by atoms with van der Waals surface area (Å²) in [5.74, 6) is 1.87. The molecule has 2 aromatic carbocycles. The van der Waals surface area contributed by atoms with Gasteiger partial charge >= 0.3 is 0 Å². The van der Waals surface area contributed by atoms with Gasteiger partial charge in [-0.3, -0.25) is 0 Å². The van der Waals surface area contributed by atoms with E-state index in [4.69, 9.17) is 9.47 Å². The van der Waals surface area contributed by atoms with Crippen LogP contribution < -0.4 is 25.4 Å². The van der Waals surface area contributed by atoms with Crippen molar-refractivity contribution in [1.82, 2.24) is 15.6 Å². The Hall–Kier alpha value is -2.70. The van der Waals surface area contributed by atoms with Gasteiger partial charge in [-0.15, -0.1) is 0 Å². The fourth-order valence-electron chi connectivity index (χ4n) is 5.20. The van der Waals surface area contributed by atoms with Crippen molar-refractivity contribution in [2.45, 2.75) is 57.5 Å². The van der Waals surface area contributed by atoms with Crippen molar-refractivity contribution in [3.05, 3.63) is 42.0 Å². The third-order valence-corrected chi connectivity index (χ3v) is 6.99. The molecule has 0 unspecified atom stereocenters. The summed E-state index contributed by atoms with van der Waals surface area (Å²) < 4.78 is 11.0. The van der Waals surface area contributed by atoms with Crippen LogP contribution in [0.15, 0.2) is 36.4 Å². The molecular weight excluding hydrogens is 424 g/mol. The van der Waals surface area contributed by atoms with Gasteiger partial charge in [0.1, 0.15) is 0 Å². The molecule has 0 atom stereocenters. The van der Waals surface area contributed by atoms with Crippen molar-refractivity contribution >= 4 is 16.6 Å². The zero-order valence-corrected chi connectivity index (χ0v) is 21.3. The molecule has 1 aromatic heterocycles. The molecule has 4 rings (SSSR count). The predicted octanol–water partition coefficient (Wildman–Crippen LogP) is 5.51. The monoisotopic (exact) mass is 464 g/mol. The minimum Gasteiger partial charge on any atom is -0.493 e. The lowest BCUT2D eigenvalue weighted by Crippen LogP contribution is -2.39. The highest BCUT2D eigenvalue weighted by molar-refractivity contribution is 5.93. The second-order valence-electron chi connectivity index (χ2n) is 9.65. The molecule has 6 heteroatoms. The van der Waals surface area contributed by atoms with Crippen LogP contribution >= 0.6 is 0 Å². The van der Waals surface area contributed by atoms with E-state index in [0.29, 0.717) is 18.0 Å². The molecule has 1 aliphatic carbocycles. The lowest BCUT2D eigenvalue weighted by molar-refractivity contribution is 0.355. The molecule has 0 bridgehead atoms. The lowest BCUT2D eigenvalue weighted by Gasteiger charge is -2.30. The van der Waals surface area contributed by atoms with Gasteiger partial charge in [-0.2, -0.15) is 0 Å². The molecule has 0 radical (unpaired) electrons. The maximum Gasteiger partial charge on any atom is 0.161 e. The summed E-state index contributed by atoms with van der Waals surface area (Å²) in [6.45, 7) is 6.59. The molecule has 1 aliphatic rings. The Labute approximate surface area is 203 Å². The van der Waals surface area contributed by atoms with Crippen molar-refractivity contribution in [2.75, 3.05) is 39.7 Å². The first-order chi connectivity index (χ1) is 16.5. The Morgan fingerprint density at radius 1 is 0.912 bits per heavy atom. The summed E-state index contributed by atoms with van der Waals surface area (Å²) in [6, 6.07) is 14.0. The van der Waals surface area contributed by atoms with E-state index in [1.807, 2.05) is 13.1 Å². The van der Waals surface area contributed by atoms with Crippen molar-refractivity contribution in [1.29, 1.82) is 0 Å². The van der Waals surface area contributed by atoms with Gasteiger partial charge in [0.25, 0.3) is 0 Å². The molecule has 0 amide bonds. The van der Waals surface area contributed by atoms with E-state index in [0.717, 1.165) is 41.4 Å². The van der Waals surface area contributed by atoms with Crippen LogP contribution in [0.3, 0.4) is 0 Å². The minimum absolute atomic E-state index is 0.381. The number of nitrogens with one attached hydrogen (secondary N) is 4. The number of methoxy groups -OCH3 is 2. The highest BCUT2D eigenvalue weighted by Crippen LogP contribution is 2.39. The maximum atomic E-state index is 5.55. The summed E-state index contributed by atoms with van der Waals surface area (Å²) in [4.78, 5) is 3.67. The van der Waals surface area contributed by atoms with Crippen molar-refractivity contribution < 1.29 is 9.47 Å². The van der Waals surface area contributed by atoms with Crippen LogP contribution in [-0.4, -0.2) is 51.4 Å². The number of likely N-dealkylation sites (N-methyl/N-ethyl adjacent to an activating group) is 1. The van der Waals surface area contributed by atoms with Crippen molar-refractivity contribution in [2.24, 2.45) is 0 Å². The Balaban J connectivity index is 1.55. The minimum atomic E-state index is 0.381. The van der Waals surface area contributed by atoms with E-state index < -0.39 is 0 Å². The van der Waals surface area contributed by atoms with E-state index in [-0.39, 0.29) is 0 Å². The molecule has 184 valence electrons. The number of benzene rings is 2. The van der Waals surface area contributed by atoms with Gasteiger partial charge < -0.3 is 30.4 Å². The smallest absolute Gasteiger partial charge is 0.161 e. The molecule has 4 N–H and O–H groups in total. The van der Waals surface area contributed by atoms with E-state index >= 15 is 0 Å². The third kappa shape index (κ3) is 5.34. The van der Waals surface area contributed by atoms with Crippen LogP contribution in [0.4, 0.5) is 5.69 Å². The van der Waals surface area contributed by atoms with Gasteiger partial charge in [0.2, 0.25) is 0 Å². The quantitative estimate of drug-likeness (QED) is 0.298.